The topological polar surface area (TPSA) is 103 Å². The number of carboxylic acids is 1. The molecule has 1 aromatic rings. The van der Waals surface area contributed by atoms with Crippen LogP contribution in [0.3, 0.4) is 0 Å². The number of carbonyl (C=O) groups is 1. The van der Waals surface area contributed by atoms with Gasteiger partial charge in [-0.25, -0.2) is 4.68 Å². The van der Waals surface area contributed by atoms with Gasteiger partial charge in [0, 0.05) is 0 Å². The first kappa shape index (κ1) is 12.8. The van der Waals surface area contributed by atoms with Crippen molar-refractivity contribution >= 4 is 17.7 Å². The van der Waals surface area contributed by atoms with Crippen molar-refractivity contribution in [2.45, 2.75) is 31.7 Å². The maximum atomic E-state index is 10.4. The molecule has 0 unspecified atom stereocenters. The number of aromatic nitrogens is 3. The van der Waals surface area contributed by atoms with E-state index >= 15 is 0 Å². The molecule has 0 amide bonds. The van der Waals surface area contributed by atoms with Crippen molar-refractivity contribution in [2.24, 2.45) is 0 Å². The lowest BCUT2D eigenvalue weighted by Gasteiger charge is -2.06. The maximum Gasteiger partial charge on any atom is 0.313 e. The van der Waals surface area contributed by atoms with Gasteiger partial charge < -0.3 is 15.7 Å². The molecule has 0 aromatic carbocycles. The largest absolute Gasteiger partial charge is 0.481 e. The average Bonchev–Trinajstić information content (AvgIpc) is 2.53. The van der Waals surface area contributed by atoms with Gasteiger partial charge >= 0.3 is 5.97 Å². The molecule has 8 heteroatoms. The molecule has 0 spiro atoms. The molecule has 0 aliphatic rings. The lowest BCUT2D eigenvalue weighted by molar-refractivity contribution is -0.133. The van der Waals surface area contributed by atoms with Crippen molar-refractivity contribution in [3.05, 3.63) is 5.82 Å². The van der Waals surface area contributed by atoms with E-state index in [2.05, 4.69) is 10.2 Å². The highest BCUT2D eigenvalue weighted by Crippen LogP contribution is 2.14. The van der Waals surface area contributed by atoms with E-state index in [1.165, 1.54) is 4.68 Å². The molecule has 16 heavy (non-hydrogen) atoms. The lowest BCUT2D eigenvalue weighted by atomic mass is 10.5. The van der Waals surface area contributed by atoms with Crippen molar-refractivity contribution in [1.82, 2.24) is 14.9 Å². The smallest absolute Gasteiger partial charge is 0.313 e. The predicted octanol–water partition coefficient (Wildman–Crippen LogP) is 0.0936. The Balaban J connectivity index is 2.57. The third kappa shape index (κ3) is 3.70. The number of nitrogens with two attached hydrogens (primary N) is 1. The molecule has 0 radical (unpaired) electrons. The third-order valence-corrected chi connectivity index (χ3v) is 2.53. The Morgan fingerprint density at radius 2 is 2.31 bits per heavy atom. The number of thioether (sulfide) groups is 1. The quantitative estimate of drug-likeness (QED) is 0.541. The van der Waals surface area contributed by atoms with Crippen LogP contribution in [0.25, 0.3) is 0 Å². The molecule has 90 valence electrons. The molecule has 1 aromatic heterocycles. The highest BCUT2D eigenvalue weighted by atomic mass is 32.2. The van der Waals surface area contributed by atoms with E-state index in [0.29, 0.717) is 11.0 Å². The van der Waals surface area contributed by atoms with Crippen molar-refractivity contribution in [3.8, 4) is 0 Å². The van der Waals surface area contributed by atoms with E-state index in [4.69, 9.17) is 15.7 Å². The molecule has 0 saturated carbocycles. The summed E-state index contributed by atoms with van der Waals surface area (Å²) < 4.78 is 6.56. The molecular weight excluding hydrogens is 232 g/mol. The lowest BCUT2D eigenvalue weighted by Crippen LogP contribution is -2.16. The molecule has 7 nitrogen and oxygen atoms in total. The Labute approximate surface area is 97.0 Å². The van der Waals surface area contributed by atoms with Crippen molar-refractivity contribution in [2.75, 3.05) is 11.6 Å². The summed E-state index contributed by atoms with van der Waals surface area (Å²) in [6.07, 6.45) is 0.0758. The van der Waals surface area contributed by atoms with Gasteiger partial charge in [0.25, 0.3) is 0 Å². The molecule has 0 bridgehead atoms. The Hall–Kier alpha value is -1.28. The number of ether oxygens (including phenoxy) is 1. The summed E-state index contributed by atoms with van der Waals surface area (Å²) in [6.45, 7) is 4.06. The molecule has 0 aliphatic heterocycles. The van der Waals surface area contributed by atoms with Gasteiger partial charge in [-0.2, -0.15) is 0 Å². The molecule has 0 aliphatic carbocycles. The van der Waals surface area contributed by atoms with Gasteiger partial charge in [0.15, 0.2) is 5.82 Å². The van der Waals surface area contributed by atoms with Crippen LogP contribution < -0.4 is 5.84 Å². The van der Waals surface area contributed by atoms with Crippen LogP contribution in [0.5, 0.6) is 0 Å². The van der Waals surface area contributed by atoms with E-state index in [9.17, 15) is 4.79 Å². The normalized spacial score (nSPS) is 10.9. The Bertz CT molecular complexity index is 366. The summed E-state index contributed by atoms with van der Waals surface area (Å²) in [7, 11) is 0. The Kier molecular flexibility index (Phi) is 4.56. The van der Waals surface area contributed by atoms with Crippen LogP contribution in [0.1, 0.15) is 19.7 Å². The van der Waals surface area contributed by atoms with E-state index < -0.39 is 5.97 Å². The summed E-state index contributed by atoms with van der Waals surface area (Å²) in [4.78, 5) is 10.4. The zero-order chi connectivity index (χ0) is 12.1. The second-order valence-electron chi connectivity index (χ2n) is 3.31. The molecule has 1 rings (SSSR count). The average molecular weight is 246 g/mol. The summed E-state index contributed by atoms with van der Waals surface area (Å²) in [5.41, 5.74) is 0. The van der Waals surface area contributed by atoms with Gasteiger partial charge in [0.1, 0.15) is 6.61 Å². The number of nitrogen functional groups attached to an aromatic ring is 1. The van der Waals surface area contributed by atoms with Crippen LogP contribution in [0.4, 0.5) is 0 Å². The van der Waals surface area contributed by atoms with Crippen LogP contribution in [0, 0.1) is 0 Å². The number of hydrogen-bond acceptors (Lipinski definition) is 6. The van der Waals surface area contributed by atoms with E-state index in [1.54, 1.807) is 0 Å². The Morgan fingerprint density at radius 1 is 1.62 bits per heavy atom. The van der Waals surface area contributed by atoms with E-state index in [1.807, 2.05) is 13.8 Å². The van der Waals surface area contributed by atoms with E-state index in [-0.39, 0.29) is 18.5 Å². The highest BCUT2D eigenvalue weighted by Gasteiger charge is 2.12. The summed E-state index contributed by atoms with van der Waals surface area (Å²) in [5.74, 6) is 5.13. The second kappa shape index (κ2) is 5.71. The van der Waals surface area contributed by atoms with Gasteiger partial charge in [-0.15, -0.1) is 10.2 Å². The predicted molar refractivity (Wildman–Crippen MR) is 58.5 cm³/mol. The van der Waals surface area contributed by atoms with Crippen LogP contribution in [-0.2, 0) is 16.1 Å². The fourth-order valence-electron chi connectivity index (χ4n) is 0.872. The van der Waals surface area contributed by atoms with Crippen molar-refractivity contribution < 1.29 is 14.6 Å². The summed E-state index contributed by atoms with van der Waals surface area (Å²) >= 11 is 1.02. The fraction of sp³-hybridized carbons (Fsp3) is 0.625. The molecule has 1 heterocycles. The summed E-state index contributed by atoms with van der Waals surface area (Å²) in [5, 5.41) is 16.5. The van der Waals surface area contributed by atoms with E-state index in [0.717, 1.165) is 11.8 Å². The first-order valence-electron chi connectivity index (χ1n) is 4.66. The fourth-order valence-corrected chi connectivity index (χ4v) is 1.47. The first-order valence-corrected chi connectivity index (χ1v) is 5.64. The minimum absolute atomic E-state index is 0.0758. The molecule has 0 saturated heterocycles. The van der Waals surface area contributed by atoms with Crippen LogP contribution in [0.15, 0.2) is 5.16 Å². The minimum Gasteiger partial charge on any atom is -0.481 e. The number of rotatable bonds is 6. The van der Waals surface area contributed by atoms with Gasteiger partial charge in [-0.3, -0.25) is 4.79 Å². The van der Waals surface area contributed by atoms with Gasteiger partial charge in [0.2, 0.25) is 5.16 Å². The second-order valence-corrected chi connectivity index (χ2v) is 4.25. The Morgan fingerprint density at radius 3 is 2.88 bits per heavy atom. The molecule has 0 fully saturated rings. The molecular formula is C8H14N4O3S. The number of hydrogen-bond donors (Lipinski definition) is 2. The highest BCUT2D eigenvalue weighted by molar-refractivity contribution is 7.99. The molecule has 3 N–H and O–H groups in total. The summed E-state index contributed by atoms with van der Waals surface area (Å²) in [6, 6.07) is 0. The van der Waals surface area contributed by atoms with Gasteiger partial charge in [-0.05, 0) is 13.8 Å². The zero-order valence-electron chi connectivity index (χ0n) is 9.08. The number of aliphatic carboxylic acids is 1. The van der Waals surface area contributed by atoms with Crippen molar-refractivity contribution in [1.29, 1.82) is 0 Å². The monoisotopic (exact) mass is 246 g/mol. The minimum atomic E-state index is -0.923. The zero-order valence-corrected chi connectivity index (χ0v) is 9.90. The van der Waals surface area contributed by atoms with Gasteiger partial charge in [0.05, 0.1) is 11.9 Å². The van der Waals surface area contributed by atoms with Crippen LogP contribution >= 0.6 is 11.8 Å². The SMILES string of the molecule is CC(C)OCc1nnc(SCC(=O)O)n1N. The molecule has 0 atom stereocenters. The van der Waals surface area contributed by atoms with Crippen LogP contribution in [-0.4, -0.2) is 37.8 Å². The third-order valence-electron chi connectivity index (χ3n) is 1.61. The van der Waals surface area contributed by atoms with Gasteiger partial charge in [-0.1, -0.05) is 11.8 Å². The standard InChI is InChI=1S/C8H14N4O3S/c1-5(2)15-3-6-10-11-8(12(6)9)16-4-7(13)14/h5H,3-4,9H2,1-2H3,(H,13,14). The first-order chi connectivity index (χ1) is 7.50. The number of nitrogens with zero attached hydrogens (tertiary/aromatic N) is 3. The number of carboxylic acid groups (broad SMARTS) is 1. The van der Waals surface area contributed by atoms with Crippen molar-refractivity contribution in [3.63, 3.8) is 0 Å². The maximum absolute atomic E-state index is 10.4. The van der Waals surface area contributed by atoms with Crippen LogP contribution in [0.2, 0.25) is 0 Å².